The molecule has 0 saturated carbocycles. The smallest absolute Gasteiger partial charge is 0.253 e. The Bertz CT molecular complexity index is 1100. The summed E-state index contributed by atoms with van der Waals surface area (Å²) in [6.45, 7) is 0.302. The second-order valence-electron chi connectivity index (χ2n) is 6.10. The van der Waals surface area contributed by atoms with Crippen LogP contribution in [0.5, 0.6) is 0 Å². The number of anilines is 1. The average Bonchev–Trinajstić information content (AvgIpc) is 3.43. The van der Waals surface area contributed by atoms with E-state index < -0.39 is 16.1 Å². The molecule has 7 nitrogen and oxygen atoms in total. The summed E-state index contributed by atoms with van der Waals surface area (Å²) in [5, 5.41) is 5.02. The second kappa shape index (κ2) is 7.88. The number of hydrogen-bond acceptors (Lipinski definition) is 7. The second-order valence-corrected chi connectivity index (χ2v) is 10.8. The van der Waals surface area contributed by atoms with Gasteiger partial charge in [-0.1, -0.05) is 11.6 Å². The number of nitrogens with one attached hydrogen (secondary N) is 1. The highest BCUT2D eigenvalue weighted by molar-refractivity contribution is 7.91. The molecule has 0 unspecified atom stereocenters. The summed E-state index contributed by atoms with van der Waals surface area (Å²) in [5.41, 5.74) is 1.62. The van der Waals surface area contributed by atoms with Crippen molar-refractivity contribution in [2.75, 3.05) is 11.9 Å². The van der Waals surface area contributed by atoms with Gasteiger partial charge < -0.3 is 5.32 Å². The zero-order chi connectivity index (χ0) is 19.7. The predicted molar refractivity (Wildman–Crippen MR) is 110 cm³/mol. The lowest BCUT2D eigenvalue weighted by Crippen LogP contribution is -2.42. The number of hydrogen-bond donors (Lipinski definition) is 1. The molecule has 3 aromatic heterocycles. The molecule has 0 bridgehead atoms. The van der Waals surface area contributed by atoms with Gasteiger partial charge in [-0.15, -0.1) is 22.7 Å². The molecule has 146 valence electrons. The summed E-state index contributed by atoms with van der Waals surface area (Å²) in [5.74, 6) is -0.376. The van der Waals surface area contributed by atoms with Crippen LogP contribution in [0.25, 0.3) is 11.3 Å². The van der Waals surface area contributed by atoms with Crippen molar-refractivity contribution < 1.29 is 13.2 Å². The molecule has 3 aromatic rings. The molecule has 4 rings (SSSR count). The first kappa shape index (κ1) is 19.5. The minimum atomic E-state index is -3.76. The fourth-order valence-electron chi connectivity index (χ4n) is 3.02. The van der Waals surface area contributed by atoms with Crippen molar-refractivity contribution >= 4 is 55.3 Å². The quantitative estimate of drug-likeness (QED) is 0.634. The van der Waals surface area contributed by atoms with Crippen molar-refractivity contribution in [1.29, 1.82) is 0 Å². The van der Waals surface area contributed by atoms with E-state index in [1.165, 1.54) is 21.7 Å². The fourth-order valence-corrected chi connectivity index (χ4v) is 7.01. The first-order valence-electron chi connectivity index (χ1n) is 8.39. The van der Waals surface area contributed by atoms with Crippen LogP contribution in [-0.4, -0.2) is 41.2 Å². The van der Waals surface area contributed by atoms with Crippen molar-refractivity contribution in [3.63, 3.8) is 0 Å². The van der Waals surface area contributed by atoms with Gasteiger partial charge in [0.15, 0.2) is 5.13 Å². The van der Waals surface area contributed by atoms with Crippen LogP contribution in [0.1, 0.15) is 12.8 Å². The largest absolute Gasteiger partial charge is 0.301 e. The minimum Gasteiger partial charge on any atom is -0.301 e. The van der Waals surface area contributed by atoms with Crippen molar-refractivity contribution in [1.82, 2.24) is 14.3 Å². The van der Waals surface area contributed by atoms with E-state index in [-0.39, 0.29) is 10.1 Å². The third-order valence-electron chi connectivity index (χ3n) is 4.33. The SMILES string of the molecule is O=C(Nc1nc(-c2ccncc2)cs1)[C@@H]1CCCN1S(=O)(=O)c1ccc(Cl)s1. The van der Waals surface area contributed by atoms with E-state index in [4.69, 9.17) is 11.6 Å². The molecule has 0 radical (unpaired) electrons. The highest BCUT2D eigenvalue weighted by Gasteiger charge is 2.40. The molecule has 1 amide bonds. The van der Waals surface area contributed by atoms with Crippen molar-refractivity contribution in [3.05, 3.63) is 46.4 Å². The highest BCUT2D eigenvalue weighted by Crippen LogP contribution is 2.33. The van der Waals surface area contributed by atoms with Crippen LogP contribution in [0.4, 0.5) is 5.13 Å². The molecule has 11 heteroatoms. The summed E-state index contributed by atoms with van der Waals surface area (Å²) in [6, 6.07) is 5.91. The molecule has 0 spiro atoms. The molecule has 1 fully saturated rings. The summed E-state index contributed by atoms with van der Waals surface area (Å²) in [7, 11) is -3.76. The number of sulfonamides is 1. The zero-order valence-electron chi connectivity index (χ0n) is 14.4. The van der Waals surface area contributed by atoms with E-state index in [1.807, 2.05) is 17.5 Å². The average molecular weight is 455 g/mol. The first-order valence-corrected chi connectivity index (χ1v) is 11.9. The van der Waals surface area contributed by atoms with E-state index >= 15 is 0 Å². The van der Waals surface area contributed by atoms with Crippen molar-refractivity contribution in [2.24, 2.45) is 0 Å². The van der Waals surface area contributed by atoms with Crippen LogP contribution >= 0.6 is 34.3 Å². The van der Waals surface area contributed by atoms with Gasteiger partial charge >= 0.3 is 0 Å². The van der Waals surface area contributed by atoms with Gasteiger partial charge in [-0.05, 0) is 37.1 Å². The maximum atomic E-state index is 12.9. The van der Waals surface area contributed by atoms with Gasteiger partial charge in [0.25, 0.3) is 10.0 Å². The molecule has 1 saturated heterocycles. The van der Waals surface area contributed by atoms with E-state index in [9.17, 15) is 13.2 Å². The maximum absolute atomic E-state index is 12.9. The number of rotatable bonds is 5. The lowest BCUT2D eigenvalue weighted by molar-refractivity contribution is -0.119. The number of thiophene rings is 1. The standard InChI is InChI=1S/C17H15ClN4O3S3/c18-14-3-4-15(27-14)28(24,25)22-9-1-2-13(22)16(23)21-17-20-12(10-26-17)11-5-7-19-8-6-11/h3-8,10,13H,1-2,9H2,(H,20,21,23)/t13-/m0/s1. The zero-order valence-corrected chi connectivity index (χ0v) is 17.6. The van der Waals surface area contributed by atoms with Gasteiger partial charge in [-0.25, -0.2) is 13.4 Å². The van der Waals surface area contributed by atoms with E-state index in [0.717, 1.165) is 22.6 Å². The molecule has 1 aliphatic heterocycles. The summed E-state index contributed by atoms with van der Waals surface area (Å²) in [6.07, 6.45) is 4.43. The van der Waals surface area contributed by atoms with E-state index in [2.05, 4.69) is 15.3 Å². The van der Waals surface area contributed by atoms with Gasteiger partial charge in [-0.2, -0.15) is 4.31 Å². The number of carbonyl (C=O) groups excluding carboxylic acids is 1. The van der Waals surface area contributed by atoms with Gasteiger partial charge in [0, 0.05) is 29.9 Å². The molecule has 1 aliphatic rings. The number of aromatic nitrogens is 2. The summed E-state index contributed by atoms with van der Waals surface area (Å²) in [4.78, 5) is 21.2. The molecular weight excluding hydrogens is 440 g/mol. The Hall–Kier alpha value is -1.85. The van der Waals surface area contributed by atoms with Crippen LogP contribution in [0.15, 0.2) is 46.2 Å². The molecule has 4 heterocycles. The Labute approximate surface area is 175 Å². The van der Waals surface area contributed by atoms with Crippen molar-refractivity contribution in [3.8, 4) is 11.3 Å². The van der Waals surface area contributed by atoms with Gasteiger partial charge in [0.2, 0.25) is 5.91 Å². The lowest BCUT2D eigenvalue weighted by Gasteiger charge is -2.22. The molecule has 0 aliphatic carbocycles. The first-order chi connectivity index (χ1) is 13.4. The Balaban J connectivity index is 1.51. The van der Waals surface area contributed by atoms with E-state index in [1.54, 1.807) is 18.5 Å². The molecule has 28 heavy (non-hydrogen) atoms. The Kier molecular flexibility index (Phi) is 5.48. The molecule has 1 atom stereocenters. The fraction of sp³-hybridized carbons (Fsp3) is 0.235. The number of halogens is 1. The Morgan fingerprint density at radius 1 is 1.25 bits per heavy atom. The normalized spacial score (nSPS) is 17.7. The number of thiazole rings is 1. The highest BCUT2D eigenvalue weighted by atomic mass is 35.5. The van der Waals surface area contributed by atoms with Crippen LogP contribution in [-0.2, 0) is 14.8 Å². The predicted octanol–water partition coefficient (Wildman–Crippen LogP) is 3.71. The van der Waals surface area contributed by atoms with Crippen LogP contribution in [0, 0.1) is 0 Å². The molecule has 0 aromatic carbocycles. The summed E-state index contributed by atoms with van der Waals surface area (Å²) >= 11 is 8.16. The third-order valence-corrected chi connectivity index (χ3v) is 8.69. The van der Waals surface area contributed by atoms with Crippen LogP contribution < -0.4 is 5.32 Å². The topological polar surface area (TPSA) is 92.3 Å². The lowest BCUT2D eigenvalue weighted by atomic mass is 10.2. The van der Waals surface area contributed by atoms with Gasteiger partial charge in [-0.3, -0.25) is 9.78 Å². The third kappa shape index (κ3) is 3.83. The number of pyridine rings is 1. The van der Waals surface area contributed by atoms with Crippen LogP contribution in [0.2, 0.25) is 4.34 Å². The Morgan fingerprint density at radius 3 is 2.75 bits per heavy atom. The van der Waals surface area contributed by atoms with Crippen LogP contribution in [0.3, 0.4) is 0 Å². The van der Waals surface area contributed by atoms with E-state index in [0.29, 0.717) is 28.9 Å². The molecule has 1 N–H and O–H groups in total. The minimum absolute atomic E-state index is 0.145. The Morgan fingerprint density at radius 2 is 2.04 bits per heavy atom. The monoisotopic (exact) mass is 454 g/mol. The van der Waals surface area contributed by atoms with Gasteiger partial charge in [0.1, 0.15) is 10.3 Å². The van der Waals surface area contributed by atoms with Gasteiger partial charge in [0.05, 0.1) is 10.0 Å². The number of carbonyl (C=O) groups is 1. The molecular formula is C17H15ClN4O3S3. The summed E-state index contributed by atoms with van der Waals surface area (Å²) < 4.78 is 27.6. The van der Waals surface area contributed by atoms with Crippen molar-refractivity contribution in [2.45, 2.75) is 23.1 Å². The number of nitrogens with zero attached hydrogens (tertiary/aromatic N) is 3. The maximum Gasteiger partial charge on any atom is 0.253 e. The number of amides is 1.